The standard InChI is InChI=1S/C19H21N3O2/c23-19-18-12-22(11-15(18)9-21-19)10-14-4-6-17(7-5-14)24-13-16-3-1-2-8-20-16/h1-8,15,18H,9-13H2,(H,21,23)/t15-,18+/m0/s1. The number of likely N-dealkylation sites (tertiary alicyclic amines) is 1. The second kappa shape index (κ2) is 6.61. The van der Waals surface area contributed by atoms with Gasteiger partial charge in [-0.3, -0.25) is 14.7 Å². The molecule has 124 valence electrons. The molecule has 0 spiro atoms. The Bertz CT molecular complexity index is 702. The minimum atomic E-state index is 0.186. The summed E-state index contributed by atoms with van der Waals surface area (Å²) in [7, 11) is 0. The van der Waals surface area contributed by atoms with Crippen LogP contribution in [0.2, 0.25) is 0 Å². The van der Waals surface area contributed by atoms with Gasteiger partial charge in [0.2, 0.25) is 5.91 Å². The second-order valence-electron chi connectivity index (χ2n) is 6.56. The van der Waals surface area contributed by atoms with Crippen molar-refractivity contribution in [2.24, 2.45) is 11.8 Å². The Balaban J connectivity index is 1.31. The van der Waals surface area contributed by atoms with Crippen LogP contribution in [0.1, 0.15) is 11.3 Å². The molecule has 0 unspecified atom stereocenters. The minimum absolute atomic E-state index is 0.186. The third-order valence-corrected chi connectivity index (χ3v) is 4.83. The molecule has 5 nitrogen and oxygen atoms in total. The lowest BCUT2D eigenvalue weighted by molar-refractivity contribution is -0.122. The highest BCUT2D eigenvalue weighted by Gasteiger charge is 2.41. The van der Waals surface area contributed by atoms with Crippen LogP contribution in [0.25, 0.3) is 0 Å². The highest BCUT2D eigenvalue weighted by molar-refractivity contribution is 5.81. The first-order valence-electron chi connectivity index (χ1n) is 8.39. The number of hydrogen-bond acceptors (Lipinski definition) is 4. The molecular formula is C19H21N3O2. The van der Waals surface area contributed by atoms with E-state index in [9.17, 15) is 4.79 Å². The van der Waals surface area contributed by atoms with E-state index in [1.165, 1.54) is 5.56 Å². The van der Waals surface area contributed by atoms with Crippen molar-refractivity contribution in [2.45, 2.75) is 13.2 Å². The van der Waals surface area contributed by atoms with Crippen LogP contribution in [-0.2, 0) is 17.9 Å². The summed E-state index contributed by atoms with van der Waals surface area (Å²) < 4.78 is 5.76. The van der Waals surface area contributed by atoms with Crippen LogP contribution in [0, 0.1) is 11.8 Å². The summed E-state index contributed by atoms with van der Waals surface area (Å²) in [5, 5.41) is 2.95. The van der Waals surface area contributed by atoms with E-state index in [0.717, 1.165) is 37.6 Å². The van der Waals surface area contributed by atoms with Gasteiger partial charge in [-0.05, 0) is 29.8 Å². The summed E-state index contributed by atoms with van der Waals surface area (Å²) in [6, 6.07) is 14.0. The maximum Gasteiger partial charge on any atom is 0.224 e. The molecule has 3 heterocycles. The molecular weight excluding hydrogens is 302 g/mol. The van der Waals surface area contributed by atoms with Crippen LogP contribution in [-0.4, -0.2) is 35.4 Å². The molecule has 4 rings (SSSR count). The fourth-order valence-corrected chi connectivity index (χ4v) is 3.55. The zero-order chi connectivity index (χ0) is 16.4. The third-order valence-electron chi connectivity index (χ3n) is 4.83. The molecule has 0 bridgehead atoms. The molecule has 24 heavy (non-hydrogen) atoms. The predicted molar refractivity (Wildman–Crippen MR) is 90.3 cm³/mol. The molecule has 1 amide bonds. The van der Waals surface area contributed by atoms with E-state index in [0.29, 0.717) is 12.5 Å². The van der Waals surface area contributed by atoms with Crippen molar-refractivity contribution < 1.29 is 9.53 Å². The van der Waals surface area contributed by atoms with Crippen molar-refractivity contribution in [1.82, 2.24) is 15.2 Å². The first kappa shape index (κ1) is 15.1. The summed E-state index contributed by atoms with van der Waals surface area (Å²) >= 11 is 0. The van der Waals surface area contributed by atoms with Crippen molar-refractivity contribution >= 4 is 5.91 Å². The first-order chi connectivity index (χ1) is 11.8. The zero-order valence-electron chi connectivity index (χ0n) is 13.5. The maximum absolute atomic E-state index is 11.7. The number of nitrogens with zero attached hydrogens (tertiary/aromatic N) is 2. The molecule has 1 aromatic carbocycles. The first-order valence-corrected chi connectivity index (χ1v) is 8.39. The number of rotatable bonds is 5. The molecule has 1 N–H and O–H groups in total. The number of fused-ring (bicyclic) bond motifs is 1. The van der Waals surface area contributed by atoms with Crippen LogP contribution < -0.4 is 10.1 Å². The van der Waals surface area contributed by atoms with Crippen LogP contribution >= 0.6 is 0 Å². The van der Waals surface area contributed by atoms with E-state index in [1.807, 2.05) is 30.3 Å². The van der Waals surface area contributed by atoms with Gasteiger partial charge in [0.05, 0.1) is 11.6 Å². The lowest BCUT2D eigenvalue weighted by atomic mass is 10.0. The van der Waals surface area contributed by atoms with Gasteiger partial charge < -0.3 is 10.1 Å². The Labute approximate surface area is 141 Å². The van der Waals surface area contributed by atoms with Gasteiger partial charge in [0, 0.05) is 38.3 Å². The van der Waals surface area contributed by atoms with E-state index in [2.05, 4.69) is 27.3 Å². The number of amides is 1. The Morgan fingerprint density at radius 2 is 2.04 bits per heavy atom. The number of carbonyl (C=O) groups is 1. The average molecular weight is 323 g/mol. The lowest BCUT2D eigenvalue weighted by Crippen LogP contribution is -2.28. The number of carbonyl (C=O) groups excluding carboxylic acids is 1. The smallest absolute Gasteiger partial charge is 0.224 e. The Kier molecular flexibility index (Phi) is 4.17. The molecule has 5 heteroatoms. The van der Waals surface area contributed by atoms with Crippen molar-refractivity contribution in [3.05, 3.63) is 59.9 Å². The predicted octanol–water partition coefficient (Wildman–Crippen LogP) is 1.84. The van der Waals surface area contributed by atoms with Gasteiger partial charge in [0.15, 0.2) is 0 Å². The second-order valence-corrected chi connectivity index (χ2v) is 6.56. The number of hydrogen-bond donors (Lipinski definition) is 1. The fourth-order valence-electron chi connectivity index (χ4n) is 3.55. The number of nitrogens with one attached hydrogen (secondary N) is 1. The van der Waals surface area contributed by atoms with Crippen LogP contribution in [0.4, 0.5) is 0 Å². The third kappa shape index (κ3) is 3.26. The Morgan fingerprint density at radius 1 is 1.17 bits per heavy atom. The number of aromatic nitrogens is 1. The summed E-state index contributed by atoms with van der Waals surface area (Å²) in [5.74, 6) is 1.74. The minimum Gasteiger partial charge on any atom is -0.487 e. The van der Waals surface area contributed by atoms with E-state index in [1.54, 1.807) is 6.20 Å². The van der Waals surface area contributed by atoms with Crippen LogP contribution in [0.5, 0.6) is 5.75 Å². The molecule has 2 fully saturated rings. The fraction of sp³-hybridized carbons (Fsp3) is 0.368. The molecule has 0 radical (unpaired) electrons. The van der Waals surface area contributed by atoms with Gasteiger partial charge in [-0.2, -0.15) is 0 Å². The Morgan fingerprint density at radius 3 is 2.79 bits per heavy atom. The monoisotopic (exact) mass is 323 g/mol. The largest absolute Gasteiger partial charge is 0.487 e. The number of pyridine rings is 1. The van der Waals surface area contributed by atoms with Gasteiger partial charge in [-0.1, -0.05) is 18.2 Å². The molecule has 1 aromatic heterocycles. The SMILES string of the molecule is O=C1NC[C@H]2CN(Cc3ccc(OCc4ccccn4)cc3)C[C@@H]12. The maximum atomic E-state index is 11.7. The summed E-state index contributed by atoms with van der Waals surface area (Å²) in [4.78, 5) is 18.4. The van der Waals surface area contributed by atoms with Gasteiger partial charge in [0.1, 0.15) is 12.4 Å². The number of ether oxygens (including phenoxy) is 1. The molecule has 2 saturated heterocycles. The van der Waals surface area contributed by atoms with Crippen molar-refractivity contribution in [3.63, 3.8) is 0 Å². The average Bonchev–Trinajstić information content (AvgIpc) is 3.17. The highest BCUT2D eigenvalue weighted by atomic mass is 16.5. The lowest BCUT2D eigenvalue weighted by Gasteiger charge is -2.17. The van der Waals surface area contributed by atoms with E-state index in [4.69, 9.17) is 4.74 Å². The molecule has 2 atom stereocenters. The molecule has 0 aliphatic carbocycles. The van der Waals surface area contributed by atoms with Crippen molar-refractivity contribution in [3.8, 4) is 5.75 Å². The summed E-state index contributed by atoms with van der Waals surface area (Å²) in [6.07, 6.45) is 1.77. The van der Waals surface area contributed by atoms with Crippen molar-refractivity contribution in [2.75, 3.05) is 19.6 Å². The molecule has 2 aromatic rings. The van der Waals surface area contributed by atoms with Gasteiger partial charge >= 0.3 is 0 Å². The number of benzene rings is 1. The Hall–Kier alpha value is -2.40. The van der Waals surface area contributed by atoms with Gasteiger partial charge in [-0.25, -0.2) is 0 Å². The van der Waals surface area contributed by atoms with Gasteiger partial charge in [-0.15, -0.1) is 0 Å². The highest BCUT2D eigenvalue weighted by Crippen LogP contribution is 2.28. The molecule has 2 aliphatic heterocycles. The van der Waals surface area contributed by atoms with E-state index in [-0.39, 0.29) is 11.8 Å². The zero-order valence-corrected chi connectivity index (χ0v) is 13.5. The van der Waals surface area contributed by atoms with E-state index >= 15 is 0 Å². The quantitative estimate of drug-likeness (QED) is 0.912. The van der Waals surface area contributed by atoms with Gasteiger partial charge in [0.25, 0.3) is 0 Å². The summed E-state index contributed by atoms with van der Waals surface area (Å²) in [5.41, 5.74) is 2.17. The van der Waals surface area contributed by atoms with E-state index < -0.39 is 0 Å². The molecule has 0 saturated carbocycles. The summed E-state index contributed by atoms with van der Waals surface area (Å²) in [6.45, 7) is 4.07. The van der Waals surface area contributed by atoms with Crippen molar-refractivity contribution in [1.29, 1.82) is 0 Å². The normalized spacial score (nSPS) is 23.1. The van der Waals surface area contributed by atoms with Crippen LogP contribution in [0.15, 0.2) is 48.7 Å². The topological polar surface area (TPSA) is 54.5 Å². The van der Waals surface area contributed by atoms with Crippen LogP contribution in [0.3, 0.4) is 0 Å². The molecule has 2 aliphatic rings.